The van der Waals surface area contributed by atoms with Crippen molar-refractivity contribution in [2.45, 2.75) is 19.4 Å². The van der Waals surface area contributed by atoms with E-state index in [2.05, 4.69) is 15.4 Å². The van der Waals surface area contributed by atoms with E-state index in [9.17, 15) is 9.18 Å². The fraction of sp³-hybridized carbons (Fsp3) is 0.238. The van der Waals surface area contributed by atoms with Gasteiger partial charge in [-0.05, 0) is 67.9 Å². The van der Waals surface area contributed by atoms with Crippen molar-refractivity contribution in [1.82, 2.24) is 10.1 Å². The minimum Gasteiger partial charge on any atom is -0.350 e. The second-order valence-electron chi connectivity index (χ2n) is 6.72. The van der Waals surface area contributed by atoms with Crippen molar-refractivity contribution < 1.29 is 13.7 Å². The highest BCUT2D eigenvalue weighted by Gasteiger charge is 2.15. The predicted molar refractivity (Wildman–Crippen MR) is 101 cm³/mol. The standard InChI is InChI=1S/C21H20FN3O2/c22-17-7-5-16(6-8-17)19-13-20(27-24-19)21(26)23-18-9-3-15(4-10-18)14-25-11-1-2-12-25/h3-10,13H,1-2,11-12,14H2,(H,23,26). The molecule has 0 aliphatic carbocycles. The minimum absolute atomic E-state index is 0.107. The van der Waals surface area contributed by atoms with Crippen molar-refractivity contribution in [1.29, 1.82) is 0 Å². The number of benzene rings is 2. The molecule has 1 aliphatic heterocycles. The fourth-order valence-corrected chi connectivity index (χ4v) is 3.22. The van der Waals surface area contributed by atoms with Crippen LogP contribution in [-0.4, -0.2) is 29.1 Å². The quantitative estimate of drug-likeness (QED) is 0.731. The number of hydrogen-bond acceptors (Lipinski definition) is 4. The van der Waals surface area contributed by atoms with Crippen molar-refractivity contribution >= 4 is 11.6 Å². The molecule has 0 saturated carbocycles. The molecule has 4 rings (SSSR count). The van der Waals surface area contributed by atoms with Crippen LogP contribution in [0.25, 0.3) is 11.3 Å². The lowest BCUT2D eigenvalue weighted by molar-refractivity contribution is 0.0988. The summed E-state index contributed by atoms with van der Waals surface area (Å²) in [7, 11) is 0. The Labute approximate surface area is 156 Å². The molecule has 3 aromatic rings. The van der Waals surface area contributed by atoms with Crippen LogP contribution in [-0.2, 0) is 6.54 Å². The molecule has 2 heterocycles. The normalized spacial score (nSPS) is 14.4. The molecule has 138 valence electrons. The fourth-order valence-electron chi connectivity index (χ4n) is 3.22. The maximum Gasteiger partial charge on any atom is 0.294 e. The average molecular weight is 365 g/mol. The van der Waals surface area contributed by atoms with Crippen LogP contribution in [0.15, 0.2) is 59.1 Å². The highest BCUT2D eigenvalue weighted by molar-refractivity contribution is 6.02. The lowest BCUT2D eigenvalue weighted by Gasteiger charge is -2.14. The van der Waals surface area contributed by atoms with Crippen molar-refractivity contribution in [3.63, 3.8) is 0 Å². The summed E-state index contributed by atoms with van der Waals surface area (Å²) in [5.74, 6) is -0.591. The molecule has 0 radical (unpaired) electrons. The number of carbonyl (C=O) groups excluding carboxylic acids is 1. The van der Waals surface area contributed by atoms with E-state index >= 15 is 0 Å². The van der Waals surface area contributed by atoms with E-state index in [1.807, 2.05) is 24.3 Å². The van der Waals surface area contributed by atoms with Gasteiger partial charge in [-0.1, -0.05) is 17.3 Å². The van der Waals surface area contributed by atoms with Gasteiger partial charge >= 0.3 is 0 Å². The van der Waals surface area contributed by atoms with Gasteiger partial charge in [0.1, 0.15) is 11.5 Å². The molecule has 1 fully saturated rings. The first-order chi connectivity index (χ1) is 13.2. The second kappa shape index (κ2) is 7.72. The van der Waals surface area contributed by atoms with E-state index in [0.29, 0.717) is 16.9 Å². The van der Waals surface area contributed by atoms with Crippen molar-refractivity contribution in [3.05, 3.63) is 71.7 Å². The van der Waals surface area contributed by atoms with Gasteiger partial charge in [-0.15, -0.1) is 0 Å². The third-order valence-electron chi connectivity index (χ3n) is 4.69. The summed E-state index contributed by atoms with van der Waals surface area (Å²) in [5, 5.41) is 6.69. The molecule has 1 N–H and O–H groups in total. The molecule has 0 atom stereocenters. The second-order valence-corrected chi connectivity index (χ2v) is 6.72. The molecule has 1 aliphatic rings. The Hall–Kier alpha value is -2.99. The first kappa shape index (κ1) is 17.4. The van der Waals surface area contributed by atoms with Crippen molar-refractivity contribution in [2.75, 3.05) is 18.4 Å². The van der Waals surface area contributed by atoms with Gasteiger partial charge in [0.2, 0.25) is 5.76 Å². The predicted octanol–water partition coefficient (Wildman–Crippen LogP) is 4.33. The average Bonchev–Trinajstić information content (AvgIpc) is 3.36. The number of halogens is 1. The summed E-state index contributed by atoms with van der Waals surface area (Å²) >= 11 is 0. The number of anilines is 1. The Balaban J connectivity index is 1.39. The summed E-state index contributed by atoms with van der Waals surface area (Å²) in [5.41, 5.74) is 3.10. The number of likely N-dealkylation sites (tertiary alicyclic amines) is 1. The minimum atomic E-state index is -0.372. The number of nitrogens with one attached hydrogen (secondary N) is 1. The van der Waals surface area contributed by atoms with E-state index < -0.39 is 0 Å². The number of carbonyl (C=O) groups is 1. The van der Waals surface area contributed by atoms with E-state index in [1.165, 1.54) is 30.5 Å². The number of amides is 1. The molecule has 1 amide bonds. The monoisotopic (exact) mass is 365 g/mol. The Kier molecular flexibility index (Phi) is 4.98. The summed E-state index contributed by atoms with van der Waals surface area (Å²) in [6.45, 7) is 3.25. The van der Waals surface area contributed by atoms with E-state index in [-0.39, 0.29) is 17.5 Å². The molecule has 2 aromatic carbocycles. The first-order valence-corrected chi connectivity index (χ1v) is 9.03. The number of hydrogen-bond donors (Lipinski definition) is 1. The van der Waals surface area contributed by atoms with Crippen LogP contribution >= 0.6 is 0 Å². The van der Waals surface area contributed by atoms with Crippen molar-refractivity contribution in [2.24, 2.45) is 0 Å². The van der Waals surface area contributed by atoms with E-state index in [0.717, 1.165) is 19.6 Å². The van der Waals surface area contributed by atoms with Crippen LogP contribution in [0, 0.1) is 5.82 Å². The lowest BCUT2D eigenvalue weighted by atomic mass is 10.1. The zero-order valence-electron chi connectivity index (χ0n) is 14.8. The molecule has 1 aromatic heterocycles. The van der Waals surface area contributed by atoms with Gasteiger partial charge in [0.25, 0.3) is 5.91 Å². The molecule has 1 saturated heterocycles. The number of aromatic nitrogens is 1. The van der Waals surface area contributed by atoms with Gasteiger partial charge in [-0.2, -0.15) is 0 Å². The highest BCUT2D eigenvalue weighted by Crippen LogP contribution is 2.21. The van der Waals surface area contributed by atoms with Crippen LogP contribution in [0.5, 0.6) is 0 Å². The van der Waals surface area contributed by atoms with E-state index in [1.54, 1.807) is 18.2 Å². The van der Waals surface area contributed by atoms with Crippen LogP contribution < -0.4 is 5.32 Å². The molecular weight excluding hydrogens is 345 g/mol. The summed E-state index contributed by atoms with van der Waals surface area (Å²) in [6.07, 6.45) is 2.54. The molecule has 5 nitrogen and oxygen atoms in total. The molecular formula is C21H20FN3O2. The smallest absolute Gasteiger partial charge is 0.294 e. The topological polar surface area (TPSA) is 58.4 Å². The molecule has 0 unspecified atom stereocenters. The maximum absolute atomic E-state index is 13.0. The van der Waals surface area contributed by atoms with Crippen molar-refractivity contribution in [3.8, 4) is 11.3 Å². The molecule has 0 spiro atoms. The number of rotatable bonds is 5. The highest BCUT2D eigenvalue weighted by atomic mass is 19.1. The van der Waals surface area contributed by atoms with Gasteiger partial charge < -0.3 is 9.84 Å². The van der Waals surface area contributed by atoms with Crippen LogP contribution in [0.4, 0.5) is 10.1 Å². The Bertz CT molecular complexity index is 913. The van der Waals surface area contributed by atoms with Crippen LogP contribution in [0.2, 0.25) is 0 Å². The molecule has 27 heavy (non-hydrogen) atoms. The Morgan fingerprint density at radius 3 is 2.48 bits per heavy atom. The largest absolute Gasteiger partial charge is 0.350 e. The summed E-state index contributed by atoms with van der Waals surface area (Å²) in [4.78, 5) is 14.8. The van der Waals surface area contributed by atoms with Gasteiger partial charge in [0, 0.05) is 23.9 Å². The number of nitrogens with zero attached hydrogens (tertiary/aromatic N) is 2. The molecule has 6 heteroatoms. The van der Waals surface area contributed by atoms with Crippen LogP contribution in [0.3, 0.4) is 0 Å². The summed E-state index contributed by atoms with van der Waals surface area (Å²) in [6, 6.07) is 15.2. The zero-order chi connectivity index (χ0) is 18.6. The Morgan fingerprint density at radius 1 is 1.07 bits per heavy atom. The third-order valence-corrected chi connectivity index (χ3v) is 4.69. The van der Waals surface area contributed by atoms with Gasteiger partial charge in [0.05, 0.1) is 0 Å². The Morgan fingerprint density at radius 2 is 1.78 bits per heavy atom. The van der Waals surface area contributed by atoms with Gasteiger partial charge in [0.15, 0.2) is 0 Å². The van der Waals surface area contributed by atoms with Gasteiger partial charge in [-0.25, -0.2) is 4.39 Å². The molecule has 0 bridgehead atoms. The maximum atomic E-state index is 13.0. The third kappa shape index (κ3) is 4.23. The zero-order valence-corrected chi connectivity index (χ0v) is 14.8. The first-order valence-electron chi connectivity index (χ1n) is 9.03. The van der Waals surface area contributed by atoms with Crippen LogP contribution in [0.1, 0.15) is 29.0 Å². The SMILES string of the molecule is O=C(Nc1ccc(CN2CCCC2)cc1)c1cc(-c2ccc(F)cc2)no1. The van der Waals surface area contributed by atoms with Gasteiger partial charge in [-0.3, -0.25) is 9.69 Å². The van der Waals surface area contributed by atoms with E-state index in [4.69, 9.17) is 4.52 Å². The summed E-state index contributed by atoms with van der Waals surface area (Å²) < 4.78 is 18.1. The lowest BCUT2D eigenvalue weighted by Crippen LogP contribution is -2.18.